The number of thiazole rings is 1. The highest BCUT2D eigenvalue weighted by molar-refractivity contribution is 7.88. The number of rotatable bonds is 8. The first-order chi connectivity index (χ1) is 13.2. The van der Waals surface area contributed by atoms with Crippen LogP contribution in [0.2, 0.25) is 0 Å². The zero-order valence-corrected chi connectivity index (χ0v) is 18.7. The molecule has 0 atom stereocenters. The first-order valence-corrected chi connectivity index (χ1v) is 11.6. The van der Waals surface area contributed by atoms with Gasteiger partial charge in [0.1, 0.15) is 5.01 Å². The highest BCUT2D eigenvalue weighted by Gasteiger charge is 2.15. The van der Waals surface area contributed by atoms with E-state index in [0.29, 0.717) is 19.0 Å². The summed E-state index contributed by atoms with van der Waals surface area (Å²) in [6.07, 6.45) is 0. The molecule has 2 rings (SSSR count). The normalized spacial score (nSPS) is 12.4. The highest BCUT2D eigenvalue weighted by Crippen LogP contribution is 2.16. The van der Waals surface area contributed by atoms with Gasteiger partial charge in [-0.15, -0.1) is 11.3 Å². The molecule has 0 saturated heterocycles. The van der Waals surface area contributed by atoms with E-state index in [0.717, 1.165) is 21.8 Å². The van der Waals surface area contributed by atoms with Gasteiger partial charge in [0.2, 0.25) is 10.0 Å². The molecule has 0 spiro atoms. The predicted octanol–water partition coefficient (Wildman–Crippen LogP) is 2.45. The largest absolute Gasteiger partial charge is 0.352 e. The number of aromatic nitrogens is 1. The lowest BCUT2D eigenvalue weighted by Gasteiger charge is -2.15. The molecule has 0 aliphatic rings. The van der Waals surface area contributed by atoms with E-state index in [2.05, 4.69) is 32.3 Å². The average molecular weight is 424 g/mol. The van der Waals surface area contributed by atoms with Crippen molar-refractivity contribution in [3.05, 3.63) is 51.0 Å². The molecule has 0 radical (unpaired) electrons. The summed E-state index contributed by atoms with van der Waals surface area (Å²) < 4.78 is 27.2. The van der Waals surface area contributed by atoms with Gasteiger partial charge in [0, 0.05) is 24.5 Å². The molecule has 7 nitrogen and oxygen atoms in total. The minimum Gasteiger partial charge on any atom is -0.352 e. The van der Waals surface area contributed by atoms with Crippen LogP contribution in [0.4, 0.5) is 0 Å². The van der Waals surface area contributed by atoms with Crippen molar-refractivity contribution in [1.82, 2.24) is 20.3 Å². The molecule has 0 unspecified atom stereocenters. The van der Waals surface area contributed by atoms with Gasteiger partial charge < -0.3 is 10.6 Å². The summed E-state index contributed by atoms with van der Waals surface area (Å²) in [4.78, 5) is 9.96. The maximum absolute atomic E-state index is 12.3. The van der Waals surface area contributed by atoms with Crippen LogP contribution >= 0.6 is 11.3 Å². The molecule has 0 aliphatic heterocycles. The monoisotopic (exact) mass is 423 g/mol. The van der Waals surface area contributed by atoms with Crippen LogP contribution in [0.15, 0.2) is 29.3 Å². The average Bonchev–Trinajstić information content (AvgIpc) is 2.92. The quantitative estimate of drug-likeness (QED) is 0.448. The Labute approximate surface area is 171 Å². The van der Waals surface area contributed by atoms with Crippen molar-refractivity contribution in [2.45, 2.75) is 52.6 Å². The topological polar surface area (TPSA) is 95.5 Å². The molecule has 1 heterocycles. The van der Waals surface area contributed by atoms with Crippen LogP contribution in [0.1, 0.15) is 40.6 Å². The summed E-state index contributed by atoms with van der Waals surface area (Å²) in [7, 11) is -1.67. The van der Waals surface area contributed by atoms with E-state index in [4.69, 9.17) is 0 Å². The molecule has 28 heavy (non-hydrogen) atoms. The minimum absolute atomic E-state index is 0.0489. The lowest BCUT2D eigenvalue weighted by Crippen LogP contribution is -2.36. The van der Waals surface area contributed by atoms with Crippen LogP contribution in [0, 0.1) is 13.8 Å². The Morgan fingerprint density at radius 3 is 2.36 bits per heavy atom. The number of nitrogens with zero attached hydrogens (tertiary/aromatic N) is 2. The summed E-state index contributed by atoms with van der Waals surface area (Å²) in [5, 5.41) is 7.50. The van der Waals surface area contributed by atoms with Crippen molar-refractivity contribution < 1.29 is 8.42 Å². The van der Waals surface area contributed by atoms with E-state index in [1.165, 1.54) is 4.88 Å². The molecular formula is C19H29N5O2S2. The molecule has 0 fully saturated rings. The molecule has 1 aromatic heterocycles. The van der Waals surface area contributed by atoms with Crippen LogP contribution in [0.3, 0.4) is 0 Å². The number of hydrogen-bond acceptors (Lipinski definition) is 5. The zero-order valence-electron chi connectivity index (χ0n) is 17.0. The lowest BCUT2D eigenvalue weighted by molar-refractivity contribution is 0.568. The highest BCUT2D eigenvalue weighted by atomic mass is 32.2. The second-order valence-electron chi connectivity index (χ2n) is 6.83. The smallest absolute Gasteiger partial charge is 0.216 e. The van der Waals surface area contributed by atoms with E-state index in [1.54, 1.807) is 18.4 Å². The molecule has 0 bridgehead atoms. The van der Waals surface area contributed by atoms with Crippen molar-refractivity contribution in [3.63, 3.8) is 0 Å². The van der Waals surface area contributed by atoms with Crippen LogP contribution < -0.4 is 15.4 Å². The summed E-state index contributed by atoms with van der Waals surface area (Å²) in [6, 6.07) is 7.39. The molecule has 1 aromatic carbocycles. The van der Waals surface area contributed by atoms with Gasteiger partial charge in [-0.2, -0.15) is 0 Å². The summed E-state index contributed by atoms with van der Waals surface area (Å²) >= 11 is 1.66. The number of guanidine groups is 1. The SMILES string of the molecule is CN=C(NCc1nc(C)c(C)s1)NCc1ccccc1CS(=O)(=O)NC(C)C. The van der Waals surface area contributed by atoms with Gasteiger partial charge in [-0.3, -0.25) is 4.99 Å². The van der Waals surface area contributed by atoms with Crippen LogP contribution in [0.5, 0.6) is 0 Å². The zero-order chi connectivity index (χ0) is 20.7. The van der Waals surface area contributed by atoms with Crippen LogP contribution in [-0.4, -0.2) is 32.5 Å². The molecule has 0 aliphatic carbocycles. The Kier molecular flexibility index (Phi) is 7.97. The maximum atomic E-state index is 12.3. The molecule has 3 N–H and O–H groups in total. The molecule has 9 heteroatoms. The van der Waals surface area contributed by atoms with E-state index in [1.807, 2.05) is 45.0 Å². The number of hydrogen-bond donors (Lipinski definition) is 3. The van der Waals surface area contributed by atoms with Crippen molar-refractivity contribution in [3.8, 4) is 0 Å². The number of aryl methyl sites for hydroxylation is 2. The molecule has 154 valence electrons. The Morgan fingerprint density at radius 2 is 1.79 bits per heavy atom. The van der Waals surface area contributed by atoms with Gasteiger partial charge in [-0.05, 0) is 38.8 Å². The van der Waals surface area contributed by atoms with E-state index in [-0.39, 0.29) is 11.8 Å². The lowest BCUT2D eigenvalue weighted by atomic mass is 10.1. The molecule has 0 amide bonds. The first-order valence-electron chi connectivity index (χ1n) is 9.14. The second-order valence-corrected chi connectivity index (χ2v) is 9.87. The number of sulfonamides is 1. The third-order valence-electron chi connectivity index (χ3n) is 4.03. The Hall–Kier alpha value is -1.97. The fourth-order valence-electron chi connectivity index (χ4n) is 2.65. The van der Waals surface area contributed by atoms with Crippen molar-refractivity contribution >= 4 is 27.3 Å². The van der Waals surface area contributed by atoms with Gasteiger partial charge in [0.05, 0.1) is 18.0 Å². The van der Waals surface area contributed by atoms with Gasteiger partial charge in [-0.25, -0.2) is 18.1 Å². The Bertz CT molecular complexity index is 901. The minimum atomic E-state index is -3.38. The van der Waals surface area contributed by atoms with Crippen molar-refractivity contribution in [2.24, 2.45) is 4.99 Å². The fraction of sp³-hybridized carbons (Fsp3) is 0.474. The van der Waals surface area contributed by atoms with Gasteiger partial charge in [0.25, 0.3) is 0 Å². The van der Waals surface area contributed by atoms with Crippen LogP contribution in [-0.2, 0) is 28.9 Å². The molecular weight excluding hydrogens is 394 g/mol. The third kappa shape index (κ3) is 6.88. The molecule has 0 saturated carbocycles. The summed E-state index contributed by atoms with van der Waals surface area (Å²) in [5.41, 5.74) is 2.74. The van der Waals surface area contributed by atoms with E-state index in [9.17, 15) is 8.42 Å². The van der Waals surface area contributed by atoms with Crippen molar-refractivity contribution in [2.75, 3.05) is 7.05 Å². The Balaban J connectivity index is 1.99. The van der Waals surface area contributed by atoms with Gasteiger partial charge in [0.15, 0.2) is 5.96 Å². The summed E-state index contributed by atoms with van der Waals surface area (Å²) in [5.74, 6) is 0.593. The number of aliphatic imine (C=N–C) groups is 1. The van der Waals surface area contributed by atoms with E-state index < -0.39 is 10.0 Å². The molecule has 2 aromatic rings. The number of nitrogens with one attached hydrogen (secondary N) is 3. The first kappa shape index (κ1) is 22.3. The standard InChI is InChI=1S/C19H29N5O2S2/c1-13(2)24-28(25,26)12-17-9-7-6-8-16(17)10-21-19(20-5)22-11-18-23-14(3)15(4)27-18/h6-9,13,24H,10-12H2,1-5H3,(H2,20,21,22). The van der Waals surface area contributed by atoms with Crippen LogP contribution in [0.25, 0.3) is 0 Å². The predicted molar refractivity (Wildman–Crippen MR) is 116 cm³/mol. The summed E-state index contributed by atoms with van der Waals surface area (Å²) in [6.45, 7) is 8.75. The van der Waals surface area contributed by atoms with E-state index >= 15 is 0 Å². The van der Waals surface area contributed by atoms with Crippen molar-refractivity contribution in [1.29, 1.82) is 0 Å². The second kappa shape index (κ2) is 9.99. The third-order valence-corrected chi connectivity index (χ3v) is 6.62. The Morgan fingerprint density at radius 1 is 1.14 bits per heavy atom. The van der Waals surface area contributed by atoms with Gasteiger partial charge >= 0.3 is 0 Å². The fourth-order valence-corrected chi connectivity index (χ4v) is 5.02. The maximum Gasteiger partial charge on any atom is 0.216 e. The van der Waals surface area contributed by atoms with Gasteiger partial charge in [-0.1, -0.05) is 24.3 Å². The number of benzene rings is 1.